The highest BCUT2D eigenvalue weighted by atomic mass is 128. The van der Waals surface area contributed by atoms with Crippen molar-refractivity contribution < 1.29 is 0 Å². The maximum atomic E-state index is 2.40. The summed E-state index contributed by atoms with van der Waals surface area (Å²) in [5, 5.41) is 0. The Hall–Kier alpha value is 1.36. The monoisotopic (exact) mass is 774 g/mol. The van der Waals surface area contributed by atoms with Crippen LogP contribution < -0.4 is 0 Å². The minimum absolute atomic E-state index is 1.15. The highest BCUT2D eigenvalue weighted by molar-refractivity contribution is 15.0. The van der Waals surface area contributed by atoms with Crippen LogP contribution >= 0.6 is 82.4 Å². The zero-order valence-electron chi connectivity index (χ0n) is 14.8. The van der Waals surface area contributed by atoms with Crippen molar-refractivity contribution in [2.75, 3.05) is 0 Å². The van der Waals surface area contributed by atoms with Crippen molar-refractivity contribution in [3.63, 3.8) is 0 Å². The predicted molar refractivity (Wildman–Crippen MR) is 144 cm³/mol. The summed E-state index contributed by atoms with van der Waals surface area (Å²) >= 11 is 9.04. The van der Waals surface area contributed by atoms with Crippen molar-refractivity contribution in [2.45, 2.75) is 53.4 Å². The Morgan fingerprint density at radius 3 is 1.12 bits per heavy atom. The van der Waals surface area contributed by atoms with Gasteiger partial charge in [-0.25, -0.2) is 0 Å². The van der Waals surface area contributed by atoms with Gasteiger partial charge in [0.15, 0.2) is 0 Å². The Morgan fingerprint density at radius 2 is 0.875 bits per heavy atom. The zero-order chi connectivity index (χ0) is 18.5. The standard InChI is InChI=1S/C10H12I2.C10H14.I2/c1-3-7-5-9(11)10(12)6-8(7)4-2;1-3-9-7-5-6-8-10(9)4-2;1-2/h5-6H,3-4H2,1-2H3;5-8H,3-4H2,1-2H3;. The van der Waals surface area contributed by atoms with Crippen LogP contribution in [0.15, 0.2) is 36.4 Å². The third kappa shape index (κ3) is 8.83. The van der Waals surface area contributed by atoms with Crippen molar-refractivity contribution in [3.8, 4) is 0 Å². The first-order valence-corrected chi connectivity index (χ1v) is 16.7. The number of hydrogen-bond acceptors (Lipinski definition) is 0. The van der Waals surface area contributed by atoms with E-state index in [2.05, 4.69) is 147 Å². The number of benzene rings is 2. The summed E-state index contributed by atoms with van der Waals surface area (Å²) in [6.07, 6.45) is 4.61. The van der Waals surface area contributed by atoms with Gasteiger partial charge in [0.2, 0.25) is 0 Å². The van der Waals surface area contributed by atoms with Crippen molar-refractivity contribution >= 4 is 82.4 Å². The van der Waals surface area contributed by atoms with Crippen molar-refractivity contribution in [3.05, 3.63) is 65.8 Å². The van der Waals surface area contributed by atoms with E-state index in [1.165, 1.54) is 29.4 Å². The van der Waals surface area contributed by atoms with Gasteiger partial charge < -0.3 is 0 Å². The van der Waals surface area contributed by atoms with E-state index in [9.17, 15) is 0 Å². The maximum Gasteiger partial charge on any atom is 0.0266 e. The first-order valence-electron chi connectivity index (χ1n) is 8.25. The molecule has 0 amide bonds. The molecule has 0 N–H and O–H groups in total. The molecule has 0 unspecified atom stereocenters. The molecular weight excluding hydrogens is 748 g/mol. The molecule has 0 radical (unpaired) electrons. The second-order valence-corrected chi connectivity index (χ2v) is 7.54. The van der Waals surface area contributed by atoms with Crippen LogP contribution in [0.3, 0.4) is 0 Å². The van der Waals surface area contributed by atoms with Crippen molar-refractivity contribution in [1.82, 2.24) is 0 Å². The fourth-order valence-electron chi connectivity index (χ4n) is 2.53. The fraction of sp³-hybridized carbons (Fsp3) is 0.400. The maximum absolute atomic E-state index is 2.40. The molecule has 2 aromatic rings. The van der Waals surface area contributed by atoms with Gasteiger partial charge in [-0.15, -0.1) is 0 Å². The largest absolute Gasteiger partial charge is 0.0620 e. The summed E-state index contributed by atoms with van der Waals surface area (Å²) in [5.74, 6) is 0. The summed E-state index contributed by atoms with van der Waals surface area (Å²) < 4.78 is 2.75. The van der Waals surface area contributed by atoms with Gasteiger partial charge in [0.25, 0.3) is 0 Å². The van der Waals surface area contributed by atoms with E-state index in [1.807, 2.05) is 0 Å². The summed E-state index contributed by atoms with van der Waals surface area (Å²) in [6, 6.07) is 13.2. The molecule has 4 heteroatoms. The Morgan fingerprint density at radius 1 is 0.583 bits per heavy atom. The quantitative estimate of drug-likeness (QED) is 0.273. The van der Waals surface area contributed by atoms with E-state index in [0.717, 1.165) is 25.7 Å². The normalized spacial score (nSPS) is 9.50. The number of rotatable bonds is 4. The van der Waals surface area contributed by atoms with Crippen LogP contribution in [0.5, 0.6) is 0 Å². The molecule has 0 aliphatic rings. The van der Waals surface area contributed by atoms with Gasteiger partial charge in [-0.3, -0.25) is 0 Å². The highest BCUT2D eigenvalue weighted by Crippen LogP contribution is 2.21. The van der Waals surface area contributed by atoms with Crippen molar-refractivity contribution in [2.24, 2.45) is 0 Å². The summed E-state index contributed by atoms with van der Waals surface area (Å²) in [7, 11) is 0. The van der Waals surface area contributed by atoms with Crippen LogP contribution in [0, 0.1) is 7.14 Å². The smallest absolute Gasteiger partial charge is 0.0266 e. The Bertz CT molecular complexity index is 542. The molecule has 0 atom stereocenters. The van der Waals surface area contributed by atoms with E-state index in [4.69, 9.17) is 0 Å². The van der Waals surface area contributed by atoms with Gasteiger partial charge in [-0.1, -0.05) is 52.0 Å². The lowest BCUT2D eigenvalue weighted by Crippen LogP contribution is -1.94. The number of hydrogen-bond donors (Lipinski definition) is 0. The van der Waals surface area contributed by atoms with Gasteiger partial charge in [0.1, 0.15) is 0 Å². The van der Waals surface area contributed by atoms with E-state index in [1.54, 1.807) is 0 Å². The van der Waals surface area contributed by atoms with Crippen LogP contribution in [0.2, 0.25) is 0 Å². The van der Waals surface area contributed by atoms with Crippen LogP contribution in [0.25, 0.3) is 0 Å². The molecule has 0 saturated carbocycles. The molecule has 134 valence electrons. The third-order valence-electron chi connectivity index (χ3n) is 3.88. The van der Waals surface area contributed by atoms with Gasteiger partial charge in [-0.2, -0.15) is 0 Å². The summed E-state index contributed by atoms with van der Waals surface area (Å²) in [5.41, 5.74) is 5.99. The number of aryl methyl sites for hydroxylation is 4. The number of halogens is 4. The molecule has 2 rings (SSSR count). The first-order chi connectivity index (χ1) is 11.6. The van der Waals surface area contributed by atoms with Crippen LogP contribution in [-0.2, 0) is 25.7 Å². The fourth-order valence-corrected chi connectivity index (χ4v) is 3.60. The van der Waals surface area contributed by atoms with Crippen LogP contribution in [0.1, 0.15) is 49.9 Å². The third-order valence-corrected chi connectivity index (χ3v) is 6.70. The molecule has 0 nitrogen and oxygen atoms in total. The average molecular weight is 774 g/mol. The van der Waals surface area contributed by atoms with Gasteiger partial charge in [0, 0.05) is 44.4 Å². The summed E-state index contributed by atoms with van der Waals surface area (Å²) in [6.45, 7) is 8.85. The highest BCUT2D eigenvalue weighted by Gasteiger charge is 2.03. The summed E-state index contributed by atoms with van der Waals surface area (Å²) in [4.78, 5) is 0. The Labute approximate surface area is 199 Å². The van der Waals surface area contributed by atoms with Crippen LogP contribution in [0.4, 0.5) is 0 Å². The molecule has 0 aromatic heterocycles. The molecule has 0 saturated heterocycles. The first kappa shape index (κ1) is 25.4. The van der Waals surface area contributed by atoms with E-state index in [0.29, 0.717) is 0 Å². The van der Waals surface area contributed by atoms with Gasteiger partial charge in [-0.05, 0) is 105 Å². The predicted octanol–water partition coefficient (Wildman–Crippen LogP) is 8.60. The minimum Gasteiger partial charge on any atom is -0.0620 e. The Kier molecular flexibility index (Phi) is 16.3. The van der Waals surface area contributed by atoms with Crippen molar-refractivity contribution in [1.29, 1.82) is 0 Å². The molecule has 2 aromatic carbocycles. The average Bonchev–Trinajstić information content (AvgIpc) is 2.65. The molecule has 0 aliphatic carbocycles. The van der Waals surface area contributed by atoms with E-state index >= 15 is 0 Å². The van der Waals surface area contributed by atoms with E-state index in [-0.39, 0.29) is 0 Å². The second kappa shape index (κ2) is 15.4. The molecule has 24 heavy (non-hydrogen) atoms. The molecule has 0 bridgehead atoms. The molecule has 0 fully saturated rings. The lowest BCUT2D eigenvalue weighted by atomic mass is 10.0. The second-order valence-electron chi connectivity index (χ2n) is 5.22. The lowest BCUT2D eigenvalue weighted by molar-refractivity contribution is 1.03. The SMILES string of the molecule is CCc1cc(I)c(I)cc1CC.CCc1ccccc1CC.II. The Balaban J connectivity index is 0.000000405. The molecular formula is C20H26I4. The topological polar surface area (TPSA) is 0 Å². The molecule has 0 spiro atoms. The zero-order valence-corrected chi connectivity index (χ0v) is 23.4. The van der Waals surface area contributed by atoms with Crippen LogP contribution in [-0.4, -0.2) is 0 Å². The molecule has 0 heterocycles. The minimum atomic E-state index is 1.15. The van der Waals surface area contributed by atoms with E-state index < -0.39 is 0 Å². The van der Waals surface area contributed by atoms with Gasteiger partial charge >= 0.3 is 0 Å². The molecule has 0 aliphatic heterocycles. The lowest BCUT2D eigenvalue weighted by Gasteiger charge is -2.07. The van der Waals surface area contributed by atoms with Gasteiger partial charge in [0.05, 0.1) is 0 Å².